The van der Waals surface area contributed by atoms with Crippen LogP contribution in [0.15, 0.2) is 40.8 Å². The third kappa shape index (κ3) is 2.82. The SMILES string of the molecule is Cc1ccc2oc(-c3cc(N4C[C@@H](C(=O)O)CC4=O)ccc3Cl)nc2c1. The van der Waals surface area contributed by atoms with Crippen LogP contribution in [-0.2, 0) is 9.59 Å². The van der Waals surface area contributed by atoms with E-state index in [9.17, 15) is 9.59 Å². The first-order chi connectivity index (χ1) is 12.4. The lowest BCUT2D eigenvalue weighted by molar-refractivity contribution is -0.141. The number of hydrogen-bond acceptors (Lipinski definition) is 4. The molecule has 2 aromatic carbocycles. The average Bonchev–Trinajstić information content (AvgIpc) is 3.18. The van der Waals surface area contributed by atoms with Gasteiger partial charge in [-0.05, 0) is 42.8 Å². The fourth-order valence-corrected chi connectivity index (χ4v) is 3.32. The molecular formula is C19H15ClN2O4. The number of carboxylic acid groups (broad SMARTS) is 1. The molecule has 1 saturated heterocycles. The zero-order chi connectivity index (χ0) is 18.4. The van der Waals surface area contributed by atoms with Gasteiger partial charge in [-0.2, -0.15) is 0 Å². The summed E-state index contributed by atoms with van der Waals surface area (Å²) in [5.41, 5.74) is 3.58. The van der Waals surface area contributed by atoms with Gasteiger partial charge in [0.1, 0.15) is 5.52 Å². The molecule has 1 fully saturated rings. The van der Waals surface area contributed by atoms with Crippen molar-refractivity contribution >= 4 is 40.3 Å². The molecule has 1 aromatic heterocycles. The largest absolute Gasteiger partial charge is 0.481 e. The van der Waals surface area contributed by atoms with Crippen molar-refractivity contribution in [2.75, 3.05) is 11.4 Å². The lowest BCUT2D eigenvalue weighted by Gasteiger charge is -2.17. The van der Waals surface area contributed by atoms with Gasteiger partial charge in [-0.3, -0.25) is 9.59 Å². The molecule has 0 radical (unpaired) electrons. The van der Waals surface area contributed by atoms with Crippen molar-refractivity contribution in [3.63, 3.8) is 0 Å². The number of oxazole rings is 1. The van der Waals surface area contributed by atoms with Crippen LogP contribution in [0.3, 0.4) is 0 Å². The van der Waals surface area contributed by atoms with Crippen molar-refractivity contribution in [2.45, 2.75) is 13.3 Å². The molecule has 1 atom stereocenters. The quantitative estimate of drug-likeness (QED) is 0.756. The van der Waals surface area contributed by atoms with Crippen molar-refractivity contribution in [3.8, 4) is 11.5 Å². The summed E-state index contributed by atoms with van der Waals surface area (Å²) in [4.78, 5) is 29.3. The summed E-state index contributed by atoms with van der Waals surface area (Å²) in [6, 6.07) is 10.8. The van der Waals surface area contributed by atoms with Gasteiger partial charge in [0, 0.05) is 18.7 Å². The summed E-state index contributed by atoms with van der Waals surface area (Å²) >= 11 is 6.31. The molecular weight excluding hydrogens is 356 g/mol. The third-order valence-electron chi connectivity index (χ3n) is 4.51. The highest BCUT2D eigenvalue weighted by atomic mass is 35.5. The molecule has 1 amide bonds. The van der Waals surface area contributed by atoms with E-state index in [1.54, 1.807) is 18.2 Å². The van der Waals surface area contributed by atoms with Gasteiger partial charge in [0.2, 0.25) is 11.8 Å². The number of anilines is 1. The first-order valence-electron chi connectivity index (χ1n) is 8.12. The van der Waals surface area contributed by atoms with Gasteiger partial charge in [0.05, 0.1) is 16.5 Å². The Labute approximate surface area is 154 Å². The number of aromatic nitrogens is 1. The van der Waals surface area contributed by atoms with Crippen LogP contribution in [0.2, 0.25) is 5.02 Å². The molecule has 0 spiro atoms. The molecule has 6 nitrogen and oxygen atoms in total. The fourth-order valence-electron chi connectivity index (χ4n) is 3.12. The molecule has 2 heterocycles. The van der Waals surface area contributed by atoms with E-state index >= 15 is 0 Å². The van der Waals surface area contributed by atoms with E-state index in [0.717, 1.165) is 11.1 Å². The summed E-state index contributed by atoms with van der Waals surface area (Å²) in [6.45, 7) is 2.11. The summed E-state index contributed by atoms with van der Waals surface area (Å²) < 4.78 is 5.80. The highest BCUT2D eigenvalue weighted by molar-refractivity contribution is 6.33. The number of aryl methyl sites for hydroxylation is 1. The van der Waals surface area contributed by atoms with Crippen LogP contribution in [0.5, 0.6) is 0 Å². The Morgan fingerprint density at radius 3 is 2.85 bits per heavy atom. The molecule has 1 aliphatic rings. The molecule has 1 N–H and O–H groups in total. The van der Waals surface area contributed by atoms with E-state index in [1.165, 1.54) is 4.90 Å². The van der Waals surface area contributed by atoms with Crippen molar-refractivity contribution in [1.82, 2.24) is 4.98 Å². The van der Waals surface area contributed by atoms with E-state index in [4.69, 9.17) is 21.1 Å². The van der Waals surface area contributed by atoms with Crippen molar-refractivity contribution in [2.24, 2.45) is 5.92 Å². The van der Waals surface area contributed by atoms with Crippen LogP contribution in [0, 0.1) is 12.8 Å². The molecule has 7 heteroatoms. The van der Waals surface area contributed by atoms with Crippen molar-refractivity contribution < 1.29 is 19.1 Å². The molecule has 0 unspecified atom stereocenters. The van der Waals surface area contributed by atoms with Crippen LogP contribution in [-0.4, -0.2) is 28.5 Å². The minimum absolute atomic E-state index is 0.00451. The molecule has 4 rings (SSSR count). The standard InChI is InChI=1S/C19H15ClN2O4/c1-10-2-5-16-15(6-10)21-18(26-16)13-8-12(3-4-14(13)20)22-9-11(19(24)25)7-17(22)23/h2-6,8,11H,7,9H2,1H3,(H,24,25)/t11-/m0/s1. The molecule has 3 aromatic rings. The number of carbonyl (C=O) groups is 2. The Hall–Kier alpha value is -2.86. The van der Waals surface area contributed by atoms with Gasteiger partial charge in [-0.15, -0.1) is 0 Å². The Bertz CT molecular complexity index is 1040. The number of halogens is 1. The lowest BCUT2D eigenvalue weighted by Crippen LogP contribution is -2.25. The monoisotopic (exact) mass is 370 g/mol. The summed E-state index contributed by atoms with van der Waals surface area (Å²) in [7, 11) is 0. The zero-order valence-corrected chi connectivity index (χ0v) is 14.7. The number of rotatable bonds is 3. The molecule has 0 aliphatic carbocycles. The van der Waals surface area contributed by atoms with E-state index in [-0.39, 0.29) is 18.9 Å². The topological polar surface area (TPSA) is 83.6 Å². The Morgan fingerprint density at radius 1 is 1.31 bits per heavy atom. The zero-order valence-electron chi connectivity index (χ0n) is 13.9. The van der Waals surface area contributed by atoms with Crippen LogP contribution in [0.25, 0.3) is 22.6 Å². The second-order valence-corrected chi connectivity index (χ2v) is 6.81. The van der Waals surface area contributed by atoms with Gasteiger partial charge in [0.15, 0.2) is 5.58 Å². The van der Waals surface area contributed by atoms with Crippen LogP contribution < -0.4 is 4.90 Å². The maximum atomic E-state index is 12.2. The van der Waals surface area contributed by atoms with E-state index in [1.807, 2.05) is 25.1 Å². The number of hydrogen-bond donors (Lipinski definition) is 1. The Morgan fingerprint density at radius 2 is 2.12 bits per heavy atom. The number of aliphatic carboxylic acids is 1. The maximum Gasteiger partial charge on any atom is 0.308 e. The molecule has 132 valence electrons. The molecule has 0 bridgehead atoms. The van der Waals surface area contributed by atoms with Crippen molar-refractivity contribution in [1.29, 1.82) is 0 Å². The van der Waals surface area contributed by atoms with E-state index < -0.39 is 11.9 Å². The number of nitrogens with zero attached hydrogens (tertiary/aromatic N) is 2. The highest BCUT2D eigenvalue weighted by Crippen LogP contribution is 2.35. The predicted molar refractivity (Wildman–Crippen MR) is 97.3 cm³/mol. The van der Waals surface area contributed by atoms with Crippen LogP contribution in [0.1, 0.15) is 12.0 Å². The van der Waals surface area contributed by atoms with Crippen LogP contribution >= 0.6 is 11.6 Å². The summed E-state index contributed by atoms with van der Waals surface area (Å²) in [5, 5.41) is 9.59. The number of benzene rings is 2. The second kappa shape index (κ2) is 6.14. The smallest absolute Gasteiger partial charge is 0.308 e. The average molecular weight is 371 g/mol. The fraction of sp³-hybridized carbons (Fsp3) is 0.211. The predicted octanol–water partition coefficient (Wildman–Crippen LogP) is 3.89. The summed E-state index contributed by atoms with van der Waals surface area (Å²) in [5.74, 6) is -1.53. The first kappa shape index (κ1) is 16.6. The lowest BCUT2D eigenvalue weighted by atomic mass is 10.1. The highest BCUT2D eigenvalue weighted by Gasteiger charge is 2.35. The van der Waals surface area contributed by atoms with Gasteiger partial charge in [-0.1, -0.05) is 17.7 Å². The second-order valence-electron chi connectivity index (χ2n) is 6.40. The Kier molecular flexibility index (Phi) is 3.92. The van der Waals surface area contributed by atoms with Gasteiger partial charge < -0.3 is 14.4 Å². The normalized spacial score (nSPS) is 17.2. The number of carboxylic acids is 1. The van der Waals surface area contributed by atoms with Crippen molar-refractivity contribution in [3.05, 3.63) is 47.0 Å². The minimum Gasteiger partial charge on any atom is -0.481 e. The van der Waals surface area contributed by atoms with Crippen LogP contribution in [0.4, 0.5) is 5.69 Å². The number of fused-ring (bicyclic) bond motifs is 1. The third-order valence-corrected chi connectivity index (χ3v) is 4.84. The molecule has 26 heavy (non-hydrogen) atoms. The number of amides is 1. The summed E-state index contributed by atoms with van der Waals surface area (Å²) in [6.07, 6.45) is -0.00451. The van der Waals surface area contributed by atoms with E-state index in [2.05, 4.69) is 4.98 Å². The van der Waals surface area contributed by atoms with E-state index in [0.29, 0.717) is 27.7 Å². The molecule has 0 saturated carbocycles. The number of carbonyl (C=O) groups excluding carboxylic acids is 1. The Balaban J connectivity index is 1.74. The van der Waals surface area contributed by atoms with Gasteiger partial charge >= 0.3 is 5.97 Å². The van der Waals surface area contributed by atoms with Gasteiger partial charge in [-0.25, -0.2) is 4.98 Å². The minimum atomic E-state index is -0.968. The maximum absolute atomic E-state index is 12.2. The van der Waals surface area contributed by atoms with Gasteiger partial charge in [0.25, 0.3) is 0 Å². The molecule has 1 aliphatic heterocycles. The first-order valence-corrected chi connectivity index (χ1v) is 8.50.